The number of aliphatic hydroxyl groups excluding tert-OH is 1. The molecule has 1 aromatic carbocycles. The van der Waals surface area contributed by atoms with E-state index in [1.807, 2.05) is 37.3 Å². The number of hydrogen-bond donors (Lipinski definition) is 2. The first-order valence-electron chi connectivity index (χ1n) is 7.70. The summed E-state index contributed by atoms with van der Waals surface area (Å²) in [7, 11) is 0. The maximum absolute atomic E-state index is 12.5. The number of aromatic nitrogens is 1. The predicted octanol–water partition coefficient (Wildman–Crippen LogP) is 3.07. The van der Waals surface area contributed by atoms with Crippen molar-refractivity contribution in [1.29, 1.82) is 0 Å². The molecule has 2 N–H and O–H groups in total. The van der Waals surface area contributed by atoms with Crippen molar-refractivity contribution < 1.29 is 23.1 Å². The molecular weight excluding hydrogens is 333 g/mol. The molecule has 0 aliphatic heterocycles. The van der Waals surface area contributed by atoms with Crippen LogP contribution in [0.5, 0.6) is 0 Å². The molecule has 2 aromatic rings. The molecule has 0 aliphatic carbocycles. The SMILES string of the molecule is C[C@@](CO)(CNC(=O)c1ccc(C(F)(F)F)nc1)Cc1ccccc1. The van der Waals surface area contributed by atoms with Crippen LogP contribution in [0.2, 0.25) is 0 Å². The zero-order valence-electron chi connectivity index (χ0n) is 13.7. The van der Waals surface area contributed by atoms with Gasteiger partial charge in [0.25, 0.3) is 5.91 Å². The van der Waals surface area contributed by atoms with Crippen LogP contribution in [-0.2, 0) is 12.6 Å². The number of nitrogens with one attached hydrogen (secondary N) is 1. The minimum absolute atomic E-state index is 0.0352. The van der Waals surface area contributed by atoms with Crippen molar-refractivity contribution in [1.82, 2.24) is 10.3 Å². The molecule has 4 nitrogen and oxygen atoms in total. The fourth-order valence-corrected chi connectivity index (χ4v) is 2.35. The number of pyridine rings is 1. The normalized spacial score (nSPS) is 14.0. The van der Waals surface area contributed by atoms with Gasteiger partial charge in [0, 0.05) is 18.2 Å². The molecule has 0 unspecified atom stereocenters. The topological polar surface area (TPSA) is 62.2 Å². The molecule has 0 spiro atoms. The van der Waals surface area contributed by atoms with E-state index in [1.54, 1.807) is 0 Å². The molecule has 0 aliphatic rings. The third kappa shape index (κ3) is 5.29. The number of nitrogens with zero attached hydrogens (tertiary/aromatic N) is 1. The summed E-state index contributed by atoms with van der Waals surface area (Å²) in [5.74, 6) is -0.533. The summed E-state index contributed by atoms with van der Waals surface area (Å²) in [6.07, 6.45) is -3.10. The molecule has 1 aromatic heterocycles. The summed E-state index contributed by atoms with van der Waals surface area (Å²) in [5, 5.41) is 12.3. The third-order valence-corrected chi connectivity index (χ3v) is 3.85. The summed E-state index contributed by atoms with van der Waals surface area (Å²) in [4.78, 5) is 15.4. The summed E-state index contributed by atoms with van der Waals surface area (Å²) < 4.78 is 37.5. The Morgan fingerprint density at radius 3 is 2.36 bits per heavy atom. The van der Waals surface area contributed by atoms with E-state index in [2.05, 4.69) is 10.3 Å². The number of rotatable bonds is 6. The molecular formula is C18H19F3N2O2. The van der Waals surface area contributed by atoms with Crippen LogP contribution in [0.1, 0.15) is 28.5 Å². The van der Waals surface area contributed by atoms with E-state index in [0.717, 1.165) is 23.9 Å². The molecule has 134 valence electrons. The average molecular weight is 352 g/mol. The molecule has 7 heteroatoms. The molecule has 0 radical (unpaired) electrons. The second kappa shape index (κ2) is 7.65. The molecule has 0 fully saturated rings. The second-order valence-corrected chi connectivity index (χ2v) is 6.24. The number of carbonyl (C=O) groups is 1. The number of hydrogen-bond acceptors (Lipinski definition) is 3. The molecule has 0 bridgehead atoms. The van der Waals surface area contributed by atoms with E-state index in [-0.39, 0.29) is 18.7 Å². The highest BCUT2D eigenvalue weighted by Gasteiger charge is 2.32. The van der Waals surface area contributed by atoms with Gasteiger partial charge in [0.15, 0.2) is 0 Å². The fourth-order valence-electron chi connectivity index (χ4n) is 2.35. The third-order valence-electron chi connectivity index (χ3n) is 3.85. The van der Waals surface area contributed by atoms with Gasteiger partial charge in [-0.25, -0.2) is 0 Å². The number of amides is 1. The smallest absolute Gasteiger partial charge is 0.396 e. The second-order valence-electron chi connectivity index (χ2n) is 6.24. The van der Waals surface area contributed by atoms with Gasteiger partial charge < -0.3 is 10.4 Å². The van der Waals surface area contributed by atoms with Crippen molar-refractivity contribution in [2.24, 2.45) is 5.41 Å². The maximum atomic E-state index is 12.5. The van der Waals surface area contributed by atoms with Gasteiger partial charge in [0.05, 0.1) is 12.2 Å². The highest BCUT2D eigenvalue weighted by molar-refractivity contribution is 5.93. The lowest BCUT2D eigenvalue weighted by Gasteiger charge is -2.27. The molecule has 25 heavy (non-hydrogen) atoms. The summed E-state index contributed by atoms with van der Waals surface area (Å²) in [6, 6.07) is 11.4. The summed E-state index contributed by atoms with van der Waals surface area (Å²) in [5.41, 5.74) is -0.582. The molecule has 1 atom stereocenters. The highest BCUT2D eigenvalue weighted by Crippen LogP contribution is 2.27. The van der Waals surface area contributed by atoms with Gasteiger partial charge in [0.2, 0.25) is 0 Å². The predicted molar refractivity (Wildman–Crippen MR) is 86.9 cm³/mol. The van der Waals surface area contributed by atoms with E-state index in [1.165, 1.54) is 0 Å². The minimum Gasteiger partial charge on any atom is -0.396 e. The van der Waals surface area contributed by atoms with Crippen LogP contribution in [0.25, 0.3) is 0 Å². The Labute approximate surface area is 143 Å². The first kappa shape index (κ1) is 18.9. The van der Waals surface area contributed by atoms with Crippen molar-refractivity contribution in [3.05, 3.63) is 65.5 Å². The Morgan fingerprint density at radius 2 is 1.84 bits per heavy atom. The Morgan fingerprint density at radius 1 is 1.16 bits per heavy atom. The number of halogens is 3. The molecule has 1 heterocycles. The van der Waals surface area contributed by atoms with Crippen molar-refractivity contribution in [2.75, 3.05) is 13.2 Å². The van der Waals surface area contributed by atoms with E-state index in [9.17, 15) is 23.1 Å². The zero-order valence-corrected chi connectivity index (χ0v) is 13.7. The van der Waals surface area contributed by atoms with Crippen LogP contribution < -0.4 is 5.32 Å². The van der Waals surface area contributed by atoms with Crippen LogP contribution in [0.4, 0.5) is 13.2 Å². The Kier molecular flexibility index (Phi) is 5.79. The van der Waals surface area contributed by atoms with E-state index < -0.39 is 23.2 Å². The Bertz CT molecular complexity index is 703. The maximum Gasteiger partial charge on any atom is 0.433 e. The van der Waals surface area contributed by atoms with Crippen LogP contribution in [0.3, 0.4) is 0 Å². The number of benzene rings is 1. The standard InChI is InChI=1S/C18H19F3N2O2/c1-17(12-24,9-13-5-3-2-4-6-13)11-23-16(25)14-7-8-15(22-10-14)18(19,20)21/h2-8,10,24H,9,11-12H2,1H3,(H,23,25)/t17-/m0/s1. The van der Waals surface area contributed by atoms with Crippen LogP contribution in [-0.4, -0.2) is 29.1 Å². The molecule has 0 saturated carbocycles. The number of aliphatic hydroxyl groups is 1. The first-order valence-corrected chi connectivity index (χ1v) is 7.70. The van der Waals surface area contributed by atoms with Gasteiger partial charge in [-0.1, -0.05) is 37.3 Å². The summed E-state index contributed by atoms with van der Waals surface area (Å²) >= 11 is 0. The average Bonchev–Trinajstić information content (AvgIpc) is 2.60. The quantitative estimate of drug-likeness (QED) is 0.840. The monoisotopic (exact) mass is 352 g/mol. The largest absolute Gasteiger partial charge is 0.433 e. The van der Waals surface area contributed by atoms with Crippen LogP contribution >= 0.6 is 0 Å². The fraction of sp³-hybridized carbons (Fsp3) is 0.333. The minimum atomic E-state index is -4.54. The van der Waals surface area contributed by atoms with Gasteiger partial charge in [-0.2, -0.15) is 13.2 Å². The first-order chi connectivity index (χ1) is 11.7. The molecule has 2 rings (SSSR count). The lowest BCUT2D eigenvalue weighted by atomic mass is 9.84. The highest BCUT2D eigenvalue weighted by atomic mass is 19.4. The lowest BCUT2D eigenvalue weighted by molar-refractivity contribution is -0.141. The summed E-state index contributed by atoms with van der Waals surface area (Å²) in [6.45, 7) is 1.86. The molecule has 1 amide bonds. The van der Waals surface area contributed by atoms with Crippen LogP contribution in [0, 0.1) is 5.41 Å². The van der Waals surface area contributed by atoms with Crippen molar-refractivity contribution in [3.63, 3.8) is 0 Å². The Hall–Kier alpha value is -2.41. The number of carbonyl (C=O) groups excluding carboxylic acids is 1. The van der Waals surface area contributed by atoms with E-state index in [0.29, 0.717) is 6.42 Å². The van der Waals surface area contributed by atoms with Gasteiger partial charge >= 0.3 is 6.18 Å². The lowest BCUT2D eigenvalue weighted by Crippen LogP contribution is -2.39. The number of alkyl halides is 3. The van der Waals surface area contributed by atoms with Gasteiger partial charge in [-0.3, -0.25) is 9.78 Å². The van der Waals surface area contributed by atoms with E-state index >= 15 is 0 Å². The van der Waals surface area contributed by atoms with Gasteiger partial charge in [0.1, 0.15) is 5.69 Å². The van der Waals surface area contributed by atoms with Crippen molar-refractivity contribution in [2.45, 2.75) is 19.5 Å². The van der Waals surface area contributed by atoms with Crippen LogP contribution in [0.15, 0.2) is 48.7 Å². The van der Waals surface area contributed by atoms with Gasteiger partial charge in [-0.05, 0) is 24.1 Å². The van der Waals surface area contributed by atoms with Gasteiger partial charge in [-0.15, -0.1) is 0 Å². The van der Waals surface area contributed by atoms with Crippen molar-refractivity contribution in [3.8, 4) is 0 Å². The van der Waals surface area contributed by atoms with Crippen molar-refractivity contribution >= 4 is 5.91 Å². The molecule has 0 saturated heterocycles. The zero-order chi connectivity index (χ0) is 18.5. The Balaban J connectivity index is 1.99. The van der Waals surface area contributed by atoms with E-state index in [4.69, 9.17) is 0 Å².